The third-order valence-electron chi connectivity index (χ3n) is 6.20. The van der Waals surface area contributed by atoms with E-state index < -0.39 is 5.91 Å². The summed E-state index contributed by atoms with van der Waals surface area (Å²) in [6.45, 7) is 4.03. The van der Waals surface area contributed by atoms with Crippen LogP contribution in [0.15, 0.2) is 36.4 Å². The van der Waals surface area contributed by atoms with Crippen LogP contribution < -0.4 is 11.2 Å². The molecule has 0 fully saturated rings. The normalized spacial score (nSPS) is 15.7. The van der Waals surface area contributed by atoms with Crippen molar-refractivity contribution in [2.45, 2.75) is 64.3 Å². The fourth-order valence-electron chi connectivity index (χ4n) is 4.35. The molecule has 6 nitrogen and oxygen atoms in total. The predicted molar refractivity (Wildman–Crippen MR) is 123 cm³/mol. The number of unbranched alkanes of at least 4 members (excludes halogenated alkanes) is 3. The van der Waals surface area contributed by atoms with Crippen LogP contribution in [-0.2, 0) is 19.3 Å². The Morgan fingerprint density at radius 1 is 1.13 bits per heavy atom. The first-order chi connectivity index (χ1) is 15.0. The Hall–Kier alpha value is -2.57. The number of carbonyl (C=O) groups excluding carboxylic acids is 1. The van der Waals surface area contributed by atoms with Gasteiger partial charge < -0.3 is 15.9 Å². The molecule has 1 amide bonds. The van der Waals surface area contributed by atoms with Crippen LogP contribution >= 0.6 is 0 Å². The van der Waals surface area contributed by atoms with E-state index >= 15 is 0 Å². The van der Waals surface area contributed by atoms with Gasteiger partial charge in [0.1, 0.15) is 0 Å². The molecule has 2 aromatic carbocycles. The van der Waals surface area contributed by atoms with E-state index in [4.69, 9.17) is 5.73 Å². The molecule has 1 aliphatic rings. The molecule has 0 aromatic heterocycles. The van der Waals surface area contributed by atoms with Crippen LogP contribution in [0.2, 0.25) is 0 Å². The van der Waals surface area contributed by atoms with Crippen molar-refractivity contribution < 1.29 is 15.0 Å². The molecule has 5 N–H and O–H groups in total. The lowest BCUT2D eigenvalue weighted by atomic mass is 9.87. The van der Waals surface area contributed by atoms with Gasteiger partial charge in [-0.05, 0) is 61.4 Å². The van der Waals surface area contributed by atoms with Gasteiger partial charge in [0, 0.05) is 30.3 Å². The van der Waals surface area contributed by atoms with E-state index in [-0.39, 0.29) is 11.5 Å². The molecule has 1 aliphatic carbocycles. The monoisotopic (exact) mass is 425 g/mol. The second kappa shape index (κ2) is 11.2. The van der Waals surface area contributed by atoms with E-state index in [1.807, 2.05) is 18.2 Å². The fraction of sp³-hybridized carbons (Fsp3) is 0.480. The highest BCUT2D eigenvalue weighted by atomic mass is 16.3. The summed E-state index contributed by atoms with van der Waals surface area (Å²) in [4.78, 5) is 11.2. The number of nitrogens with two attached hydrogens (primary N) is 1. The van der Waals surface area contributed by atoms with Crippen LogP contribution in [0.3, 0.4) is 0 Å². The topological polar surface area (TPSA) is 98.8 Å². The summed E-state index contributed by atoms with van der Waals surface area (Å²) in [7, 11) is 0. The molecule has 0 radical (unpaired) electrons. The molecule has 3 rings (SSSR count). The average molecular weight is 426 g/mol. The van der Waals surface area contributed by atoms with Gasteiger partial charge in [0.2, 0.25) is 5.91 Å². The van der Waals surface area contributed by atoms with Gasteiger partial charge in [-0.3, -0.25) is 10.2 Å². The number of benzene rings is 2. The Morgan fingerprint density at radius 3 is 2.61 bits per heavy atom. The lowest BCUT2D eigenvalue weighted by Crippen LogP contribution is -2.49. The Labute approximate surface area is 185 Å². The molecule has 0 saturated carbocycles. The number of phenols is 2. The number of rotatable bonds is 11. The van der Waals surface area contributed by atoms with Crippen molar-refractivity contribution in [2.24, 2.45) is 5.73 Å². The summed E-state index contributed by atoms with van der Waals surface area (Å²) in [6, 6.07) is 11.4. The molecule has 2 aromatic rings. The van der Waals surface area contributed by atoms with Gasteiger partial charge >= 0.3 is 0 Å². The van der Waals surface area contributed by atoms with Crippen LogP contribution in [0.1, 0.15) is 66.1 Å². The SMILES string of the molecule is CCCCCCN(NCCc1ccc(C(N)=O)cc1)C1CCc2c(ccc(O)c2O)C1. The second-order valence-corrected chi connectivity index (χ2v) is 8.44. The van der Waals surface area contributed by atoms with Crippen LogP contribution in [0.25, 0.3) is 0 Å². The number of hydrogen-bond donors (Lipinski definition) is 4. The number of hydrazine groups is 1. The number of carbonyl (C=O) groups is 1. The largest absolute Gasteiger partial charge is 0.504 e. The number of aromatic hydroxyl groups is 2. The molecule has 1 atom stereocenters. The molecule has 0 aliphatic heterocycles. The molecule has 168 valence electrons. The lowest BCUT2D eigenvalue weighted by molar-refractivity contribution is 0.1000. The Morgan fingerprint density at radius 2 is 1.90 bits per heavy atom. The number of phenolic OH excluding ortho intramolecular Hbond substituents is 2. The maximum Gasteiger partial charge on any atom is 0.248 e. The molecule has 6 heteroatoms. The Kier molecular flexibility index (Phi) is 8.32. The highest BCUT2D eigenvalue weighted by Crippen LogP contribution is 2.36. The van der Waals surface area contributed by atoms with Gasteiger partial charge in [0.05, 0.1) is 0 Å². The van der Waals surface area contributed by atoms with Crippen LogP contribution in [0.5, 0.6) is 11.5 Å². The van der Waals surface area contributed by atoms with E-state index in [1.54, 1.807) is 18.2 Å². The zero-order valence-electron chi connectivity index (χ0n) is 18.4. The van der Waals surface area contributed by atoms with Crippen molar-refractivity contribution in [2.75, 3.05) is 13.1 Å². The first-order valence-electron chi connectivity index (χ1n) is 11.4. The smallest absolute Gasteiger partial charge is 0.248 e. The summed E-state index contributed by atoms with van der Waals surface area (Å²) in [5.74, 6) is -0.397. The third kappa shape index (κ3) is 6.21. The van der Waals surface area contributed by atoms with Crippen molar-refractivity contribution in [3.05, 3.63) is 58.7 Å². The minimum atomic E-state index is -0.403. The van der Waals surface area contributed by atoms with Gasteiger partial charge in [-0.1, -0.05) is 44.4 Å². The summed E-state index contributed by atoms with van der Waals surface area (Å²) >= 11 is 0. The molecule has 31 heavy (non-hydrogen) atoms. The van der Waals surface area contributed by atoms with Gasteiger partial charge in [0.15, 0.2) is 11.5 Å². The van der Waals surface area contributed by atoms with Gasteiger partial charge in [-0.2, -0.15) is 0 Å². The maximum atomic E-state index is 11.2. The molecule has 0 bridgehead atoms. The van der Waals surface area contributed by atoms with Gasteiger partial charge in [-0.25, -0.2) is 5.01 Å². The van der Waals surface area contributed by atoms with E-state index in [9.17, 15) is 15.0 Å². The van der Waals surface area contributed by atoms with E-state index in [2.05, 4.69) is 17.4 Å². The molecule has 1 unspecified atom stereocenters. The number of primary amides is 1. The molecule has 0 heterocycles. The Bertz CT molecular complexity index is 867. The number of hydrogen-bond acceptors (Lipinski definition) is 5. The maximum absolute atomic E-state index is 11.2. The second-order valence-electron chi connectivity index (χ2n) is 8.44. The standard InChI is InChI=1S/C25H35N3O3/c1-2-3-4-5-16-28(27-15-14-18-6-8-19(9-7-18)25(26)31)21-11-12-22-20(17-21)10-13-23(29)24(22)30/h6-10,13,21,27,29-30H,2-5,11-12,14-17H2,1H3,(H2,26,31). The fourth-order valence-corrected chi connectivity index (χ4v) is 4.35. The first kappa shape index (κ1) is 23.1. The molecule has 0 spiro atoms. The zero-order chi connectivity index (χ0) is 22.2. The number of fused-ring (bicyclic) bond motifs is 1. The average Bonchev–Trinajstić information content (AvgIpc) is 2.78. The minimum Gasteiger partial charge on any atom is -0.504 e. The highest BCUT2D eigenvalue weighted by Gasteiger charge is 2.26. The van der Waals surface area contributed by atoms with E-state index in [0.717, 1.165) is 61.9 Å². The number of nitrogens with one attached hydrogen (secondary N) is 1. The number of nitrogens with zero attached hydrogens (tertiary/aromatic N) is 1. The van der Waals surface area contributed by atoms with Crippen molar-refractivity contribution in [1.29, 1.82) is 0 Å². The van der Waals surface area contributed by atoms with Crippen molar-refractivity contribution in [1.82, 2.24) is 10.4 Å². The zero-order valence-corrected chi connectivity index (χ0v) is 18.4. The summed E-state index contributed by atoms with van der Waals surface area (Å²) in [5.41, 5.74) is 12.7. The van der Waals surface area contributed by atoms with Crippen molar-refractivity contribution in [3.63, 3.8) is 0 Å². The number of amides is 1. The molecular formula is C25H35N3O3. The lowest BCUT2D eigenvalue weighted by Gasteiger charge is -2.36. The molecule has 0 saturated heterocycles. The third-order valence-corrected chi connectivity index (χ3v) is 6.20. The van der Waals surface area contributed by atoms with E-state index in [1.165, 1.54) is 19.3 Å². The summed E-state index contributed by atoms with van der Waals surface area (Å²) < 4.78 is 0. The van der Waals surface area contributed by atoms with E-state index in [0.29, 0.717) is 11.6 Å². The minimum absolute atomic E-state index is 0.0332. The highest BCUT2D eigenvalue weighted by molar-refractivity contribution is 5.92. The summed E-state index contributed by atoms with van der Waals surface area (Å²) in [5, 5.41) is 22.3. The summed E-state index contributed by atoms with van der Waals surface area (Å²) in [6.07, 6.45) is 8.27. The van der Waals surface area contributed by atoms with Gasteiger partial charge in [0.25, 0.3) is 0 Å². The molecular weight excluding hydrogens is 390 g/mol. The van der Waals surface area contributed by atoms with Crippen molar-refractivity contribution in [3.8, 4) is 11.5 Å². The van der Waals surface area contributed by atoms with Crippen LogP contribution in [0.4, 0.5) is 0 Å². The first-order valence-corrected chi connectivity index (χ1v) is 11.4. The Balaban J connectivity index is 1.60. The van der Waals surface area contributed by atoms with Crippen LogP contribution in [0, 0.1) is 0 Å². The van der Waals surface area contributed by atoms with Crippen molar-refractivity contribution >= 4 is 5.91 Å². The predicted octanol–water partition coefficient (Wildman–Crippen LogP) is 3.68. The van der Waals surface area contributed by atoms with Gasteiger partial charge in [-0.15, -0.1) is 0 Å². The van der Waals surface area contributed by atoms with Crippen LogP contribution in [-0.4, -0.2) is 40.3 Å². The quantitative estimate of drug-likeness (QED) is 0.250.